The molecule has 1 atom stereocenters. The Morgan fingerprint density at radius 3 is 2.21 bits per heavy atom. The SMILES string of the molecule is CCCCCC(=O)C[S+](C)C(C)(C)C. The summed E-state index contributed by atoms with van der Waals surface area (Å²) < 4.78 is 0.292. The van der Waals surface area contributed by atoms with Crippen LogP contribution in [0.2, 0.25) is 0 Å². The van der Waals surface area contributed by atoms with E-state index in [-0.39, 0.29) is 10.9 Å². The first kappa shape index (κ1) is 14.0. The van der Waals surface area contributed by atoms with Crippen molar-refractivity contribution < 1.29 is 4.79 Å². The predicted molar refractivity (Wildman–Crippen MR) is 67.1 cm³/mol. The van der Waals surface area contributed by atoms with E-state index in [0.717, 1.165) is 18.6 Å². The molecule has 0 aromatic rings. The summed E-state index contributed by atoms with van der Waals surface area (Å²) in [6.07, 6.45) is 6.47. The molecule has 0 amide bonds. The summed E-state index contributed by atoms with van der Waals surface area (Å²) in [5.74, 6) is 1.24. The Morgan fingerprint density at radius 1 is 1.21 bits per heavy atom. The number of unbranched alkanes of at least 4 members (excludes halogenated alkanes) is 2. The molecule has 0 aliphatic heterocycles. The second-order valence-corrected chi connectivity index (χ2v) is 7.68. The quantitative estimate of drug-likeness (QED) is 0.493. The summed E-state index contributed by atoms with van der Waals surface area (Å²) in [6.45, 7) is 8.82. The zero-order chi connectivity index (χ0) is 11.2. The van der Waals surface area contributed by atoms with E-state index >= 15 is 0 Å². The second kappa shape index (κ2) is 6.49. The maximum atomic E-state index is 11.6. The van der Waals surface area contributed by atoms with Gasteiger partial charge in [0, 0.05) is 6.42 Å². The van der Waals surface area contributed by atoms with Crippen molar-refractivity contribution in [3.63, 3.8) is 0 Å². The molecule has 1 nitrogen and oxygen atoms in total. The molecule has 0 aromatic heterocycles. The molecule has 0 aliphatic carbocycles. The molecule has 0 bridgehead atoms. The van der Waals surface area contributed by atoms with E-state index in [0.29, 0.717) is 10.5 Å². The first-order valence-electron chi connectivity index (χ1n) is 5.52. The zero-order valence-electron chi connectivity index (χ0n) is 10.4. The number of Topliss-reactive ketones (excluding diaryl/α,β-unsaturated/α-hetero) is 1. The number of hydrogen-bond acceptors (Lipinski definition) is 1. The van der Waals surface area contributed by atoms with Gasteiger partial charge in [0.25, 0.3) is 0 Å². The van der Waals surface area contributed by atoms with E-state index in [9.17, 15) is 4.79 Å². The van der Waals surface area contributed by atoms with Crippen LogP contribution in [0.1, 0.15) is 53.4 Å². The Labute approximate surface area is 92.0 Å². The lowest BCUT2D eigenvalue weighted by Gasteiger charge is -2.17. The van der Waals surface area contributed by atoms with E-state index < -0.39 is 0 Å². The van der Waals surface area contributed by atoms with Crippen LogP contribution in [0.25, 0.3) is 0 Å². The van der Waals surface area contributed by atoms with Crippen molar-refractivity contribution in [2.75, 3.05) is 12.0 Å². The van der Waals surface area contributed by atoms with Gasteiger partial charge in [-0.25, -0.2) is 0 Å². The lowest BCUT2D eigenvalue weighted by Crippen LogP contribution is -2.32. The Hall–Kier alpha value is 0.0200. The van der Waals surface area contributed by atoms with Gasteiger partial charge in [-0.1, -0.05) is 19.8 Å². The fourth-order valence-corrected chi connectivity index (χ4v) is 2.16. The normalized spacial score (nSPS) is 14.1. The van der Waals surface area contributed by atoms with Crippen molar-refractivity contribution in [2.24, 2.45) is 0 Å². The molecule has 14 heavy (non-hydrogen) atoms. The van der Waals surface area contributed by atoms with Crippen molar-refractivity contribution in [1.82, 2.24) is 0 Å². The van der Waals surface area contributed by atoms with Gasteiger partial charge in [0.2, 0.25) is 0 Å². The van der Waals surface area contributed by atoms with Crippen LogP contribution in [0.5, 0.6) is 0 Å². The molecule has 0 spiro atoms. The van der Waals surface area contributed by atoms with Crippen molar-refractivity contribution in [1.29, 1.82) is 0 Å². The van der Waals surface area contributed by atoms with Crippen LogP contribution >= 0.6 is 0 Å². The predicted octanol–water partition coefficient (Wildman–Crippen LogP) is 3.18. The van der Waals surface area contributed by atoms with Gasteiger partial charge in [-0.2, -0.15) is 0 Å². The van der Waals surface area contributed by atoms with Crippen LogP contribution in [0.3, 0.4) is 0 Å². The van der Waals surface area contributed by atoms with Gasteiger partial charge in [0.1, 0.15) is 4.75 Å². The van der Waals surface area contributed by atoms with Crippen molar-refractivity contribution >= 4 is 16.7 Å². The Bertz CT molecular complexity index is 170. The monoisotopic (exact) mass is 217 g/mol. The lowest BCUT2D eigenvalue weighted by molar-refractivity contribution is -0.116. The van der Waals surface area contributed by atoms with Crippen LogP contribution in [-0.2, 0) is 15.7 Å². The third-order valence-corrected chi connectivity index (χ3v) is 5.33. The van der Waals surface area contributed by atoms with E-state index in [1.54, 1.807) is 0 Å². The van der Waals surface area contributed by atoms with Crippen LogP contribution in [-0.4, -0.2) is 22.5 Å². The van der Waals surface area contributed by atoms with Gasteiger partial charge >= 0.3 is 0 Å². The first-order valence-corrected chi connectivity index (χ1v) is 7.32. The van der Waals surface area contributed by atoms with Gasteiger partial charge in [-0.05, 0) is 38.1 Å². The highest BCUT2D eigenvalue weighted by Crippen LogP contribution is 2.17. The Balaban J connectivity index is 3.72. The highest BCUT2D eigenvalue weighted by molar-refractivity contribution is 7.98. The molecule has 0 saturated carbocycles. The third-order valence-electron chi connectivity index (χ3n) is 2.48. The number of carbonyl (C=O) groups excluding carboxylic acids is 1. The van der Waals surface area contributed by atoms with Gasteiger partial charge in [-0.15, -0.1) is 0 Å². The third kappa shape index (κ3) is 6.47. The van der Waals surface area contributed by atoms with E-state index in [1.165, 1.54) is 12.8 Å². The molecule has 0 aliphatic rings. The molecule has 0 aromatic carbocycles. The lowest BCUT2D eigenvalue weighted by atomic mass is 10.2. The zero-order valence-corrected chi connectivity index (χ0v) is 11.2. The second-order valence-electron chi connectivity index (χ2n) is 4.89. The molecule has 1 unspecified atom stereocenters. The summed E-state index contributed by atoms with van der Waals surface area (Å²) in [7, 11) is 0.228. The minimum absolute atomic E-state index is 0.228. The van der Waals surface area contributed by atoms with Crippen LogP contribution < -0.4 is 0 Å². The van der Waals surface area contributed by atoms with Crippen molar-refractivity contribution in [2.45, 2.75) is 58.1 Å². The molecule has 0 rings (SSSR count). The van der Waals surface area contributed by atoms with Gasteiger partial charge in [-0.3, -0.25) is 4.79 Å². The van der Waals surface area contributed by atoms with Crippen molar-refractivity contribution in [3.05, 3.63) is 0 Å². The molecule has 0 N–H and O–H groups in total. The minimum atomic E-state index is 0.228. The van der Waals surface area contributed by atoms with Crippen LogP contribution in [0.15, 0.2) is 0 Å². The maximum Gasteiger partial charge on any atom is 0.181 e. The molecule has 84 valence electrons. The largest absolute Gasteiger partial charge is 0.294 e. The standard InChI is InChI=1S/C12H25OS/c1-6-7-8-9-11(13)10-14(5)12(2,3)4/h6-10H2,1-5H3/q+1. The fourth-order valence-electron chi connectivity index (χ4n) is 1.10. The molecule has 0 radical (unpaired) electrons. The molecule has 0 fully saturated rings. The van der Waals surface area contributed by atoms with Crippen molar-refractivity contribution in [3.8, 4) is 0 Å². The highest BCUT2D eigenvalue weighted by Gasteiger charge is 2.31. The minimum Gasteiger partial charge on any atom is -0.294 e. The summed E-state index contributed by atoms with van der Waals surface area (Å²) in [5.41, 5.74) is 0. The highest BCUT2D eigenvalue weighted by atomic mass is 32.2. The summed E-state index contributed by atoms with van der Waals surface area (Å²) in [5, 5.41) is 0. The summed E-state index contributed by atoms with van der Waals surface area (Å²) >= 11 is 0. The van der Waals surface area contributed by atoms with E-state index in [1.807, 2.05) is 0 Å². The van der Waals surface area contributed by atoms with Crippen LogP contribution in [0.4, 0.5) is 0 Å². The molecule has 0 heterocycles. The summed E-state index contributed by atoms with van der Waals surface area (Å²) in [6, 6.07) is 0. The van der Waals surface area contributed by atoms with Crippen LogP contribution in [0, 0.1) is 0 Å². The average molecular weight is 217 g/mol. The molecular weight excluding hydrogens is 192 g/mol. The Kier molecular flexibility index (Phi) is 6.50. The van der Waals surface area contributed by atoms with Gasteiger partial charge < -0.3 is 0 Å². The first-order chi connectivity index (χ1) is 6.38. The van der Waals surface area contributed by atoms with E-state index in [4.69, 9.17) is 0 Å². The van der Waals surface area contributed by atoms with Gasteiger partial charge in [0.05, 0.1) is 6.26 Å². The topological polar surface area (TPSA) is 17.1 Å². The molecule has 2 heteroatoms. The number of rotatable bonds is 6. The number of carbonyl (C=O) groups is 1. The van der Waals surface area contributed by atoms with E-state index in [2.05, 4.69) is 34.0 Å². The summed E-state index contributed by atoms with van der Waals surface area (Å²) in [4.78, 5) is 11.6. The fraction of sp³-hybridized carbons (Fsp3) is 0.917. The van der Waals surface area contributed by atoms with Gasteiger partial charge in [0.15, 0.2) is 11.5 Å². The average Bonchev–Trinajstić information content (AvgIpc) is 2.03. The number of ketones is 1. The number of hydrogen-bond donors (Lipinski definition) is 0. The molecule has 0 saturated heterocycles. The Morgan fingerprint density at radius 2 is 1.79 bits per heavy atom. The smallest absolute Gasteiger partial charge is 0.181 e. The maximum absolute atomic E-state index is 11.6. The molecular formula is C12H25OS+.